The van der Waals surface area contributed by atoms with Gasteiger partial charge in [0.05, 0.1) is 0 Å². The minimum Gasteiger partial charge on any atom is -0.330 e. The molecule has 0 bridgehead atoms. The maximum atomic E-state index is 5.71. The predicted octanol–water partition coefficient (Wildman–Crippen LogP) is 2.41. The lowest BCUT2D eigenvalue weighted by Crippen LogP contribution is -2.42. The summed E-state index contributed by atoms with van der Waals surface area (Å²) in [5.41, 5.74) is 5.71. The summed E-state index contributed by atoms with van der Waals surface area (Å²) < 4.78 is 0. The Morgan fingerprint density at radius 3 is 2.26 bits per heavy atom. The third-order valence-corrected chi connectivity index (χ3v) is 4.82. The third-order valence-electron chi connectivity index (χ3n) is 4.82. The van der Waals surface area contributed by atoms with Crippen LogP contribution in [0.1, 0.15) is 46.0 Å². The van der Waals surface area contributed by atoms with E-state index in [1.807, 2.05) is 0 Å². The molecule has 19 heavy (non-hydrogen) atoms. The van der Waals surface area contributed by atoms with Crippen molar-refractivity contribution in [3.8, 4) is 0 Å². The first kappa shape index (κ1) is 16.9. The average Bonchev–Trinajstić information content (AvgIpc) is 2.38. The molecule has 0 spiro atoms. The van der Waals surface area contributed by atoms with Gasteiger partial charge in [-0.15, -0.1) is 0 Å². The first-order valence-electron chi connectivity index (χ1n) is 8.13. The zero-order chi connectivity index (χ0) is 14.3. The van der Waals surface area contributed by atoms with E-state index in [9.17, 15) is 0 Å². The van der Waals surface area contributed by atoms with Crippen molar-refractivity contribution in [2.75, 3.05) is 40.3 Å². The number of likely N-dealkylation sites (tertiary alicyclic amines) is 1. The van der Waals surface area contributed by atoms with Gasteiger partial charge in [0.1, 0.15) is 0 Å². The highest BCUT2D eigenvalue weighted by molar-refractivity contribution is 4.77. The number of hydrogen-bond donors (Lipinski definition) is 1. The van der Waals surface area contributed by atoms with Gasteiger partial charge in [0.2, 0.25) is 0 Å². The van der Waals surface area contributed by atoms with Crippen LogP contribution in [-0.2, 0) is 0 Å². The SMILES string of the molecule is CC(C)C(CCN)CCCN1CCC(N(C)C)CC1. The van der Waals surface area contributed by atoms with Crippen LogP contribution in [0.15, 0.2) is 0 Å². The van der Waals surface area contributed by atoms with Crippen LogP contribution in [0, 0.1) is 11.8 Å². The Balaban J connectivity index is 2.16. The van der Waals surface area contributed by atoms with Gasteiger partial charge in [0.15, 0.2) is 0 Å². The minimum absolute atomic E-state index is 0.781. The molecule has 1 atom stereocenters. The molecule has 0 aliphatic carbocycles. The molecule has 0 aromatic heterocycles. The van der Waals surface area contributed by atoms with E-state index in [0.29, 0.717) is 0 Å². The van der Waals surface area contributed by atoms with E-state index in [4.69, 9.17) is 5.73 Å². The van der Waals surface area contributed by atoms with Gasteiger partial charge >= 0.3 is 0 Å². The van der Waals surface area contributed by atoms with Gasteiger partial charge < -0.3 is 15.5 Å². The van der Waals surface area contributed by atoms with Crippen molar-refractivity contribution >= 4 is 0 Å². The van der Waals surface area contributed by atoms with Crippen molar-refractivity contribution in [1.29, 1.82) is 0 Å². The van der Waals surface area contributed by atoms with Gasteiger partial charge in [-0.3, -0.25) is 0 Å². The highest BCUT2D eigenvalue weighted by Gasteiger charge is 2.20. The average molecular weight is 269 g/mol. The van der Waals surface area contributed by atoms with Crippen LogP contribution in [0.25, 0.3) is 0 Å². The molecule has 1 heterocycles. The predicted molar refractivity (Wildman–Crippen MR) is 84.4 cm³/mol. The van der Waals surface area contributed by atoms with E-state index in [-0.39, 0.29) is 0 Å². The summed E-state index contributed by atoms with van der Waals surface area (Å²) in [5, 5.41) is 0. The van der Waals surface area contributed by atoms with E-state index in [1.54, 1.807) is 0 Å². The van der Waals surface area contributed by atoms with Crippen molar-refractivity contribution in [1.82, 2.24) is 9.80 Å². The normalized spacial score (nSPS) is 20.4. The first-order chi connectivity index (χ1) is 9.04. The van der Waals surface area contributed by atoms with Crippen molar-refractivity contribution < 1.29 is 0 Å². The van der Waals surface area contributed by atoms with E-state index >= 15 is 0 Å². The van der Waals surface area contributed by atoms with Crippen molar-refractivity contribution in [2.24, 2.45) is 17.6 Å². The van der Waals surface area contributed by atoms with Crippen LogP contribution in [0.3, 0.4) is 0 Å². The van der Waals surface area contributed by atoms with E-state index in [0.717, 1.165) is 24.4 Å². The molecular weight excluding hydrogens is 234 g/mol. The zero-order valence-corrected chi connectivity index (χ0v) is 13.6. The molecule has 1 aliphatic rings. The second kappa shape index (κ2) is 8.93. The van der Waals surface area contributed by atoms with Crippen LogP contribution in [0.4, 0.5) is 0 Å². The Kier molecular flexibility index (Phi) is 7.96. The summed E-state index contributed by atoms with van der Waals surface area (Å²) in [6, 6.07) is 0.803. The van der Waals surface area contributed by atoms with Crippen LogP contribution in [0.2, 0.25) is 0 Å². The van der Waals surface area contributed by atoms with Gasteiger partial charge in [-0.2, -0.15) is 0 Å². The Morgan fingerprint density at radius 2 is 1.79 bits per heavy atom. The highest BCUT2D eigenvalue weighted by Crippen LogP contribution is 2.21. The van der Waals surface area contributed by atoms with Gasteiger partial charge in [0, 0.05) is 6.04 Å². The lowest BCUT2D eigenvalue weighted by atomic mass is 9.88. The quantitative estimate of drug-likeness (QED) is 0.734. The molecule has 3 nitrogen and oxygen atoms in total. The van der Waals surface area contributed by atoms with Crippen molar-refractivity contribution in [2.45, 2.75) is 52.0 Å². The molecule has 1 unspecified atom stereocenters. The minimum atomic E-state index is 0.781. The number of nitrogens with zero attached hydrogens (tertiary/aromatic N) is 2. The van der Waals surface area contributed by atoms with Crippen molar-refractivity contribution in [3.05, 3.63) is 0 Å². The number of hydrogen-bond acceptors (Lipinski definition) is 3. The Bertz CT molecular complexity index is 220. The highest BCUT2D eigenvalue weighted by atomic mass is 15.2. The van der Waals surface area contributed by atoms with Gasteiger partial charge in [-0.25, -0.2) is 0 Å². The maximum Gasteiger partial charge on any atom is 0.0113 e. The number of nitrogens with two attached hydrogens (primary N) is 1. The third kappa shape index (κ3) is 6.24. The molecule has 2 N–H and O–H groups in total. The molecule has 1 fully saturated rings. The maximum absolute atomic E-state index is 5.71. The summed E-state index contributed by atoms with van der Waals surface area (Å²) in [6.07, 6.45) is 6.56. The molecule has 0 radical (unpaired) electrons. The summed E-state index contributed by atoms with van der Waals surface area (Å²) in [7, 11) is 4.42. The first-order valence-corrected chi connectivity index (χ1v) is 8.13. The van der Waals surface area contributed by atoms with Crippen LogP contribution in [-0.4, -0.2) is 56.1 Å². The summed E-state index contributed by atoms with van der Waals surface area (Å²) >= 11 is 0. The summed E-state index contributed by atoms with van der Waals surface area (Å²) in [5.74, 6) is 1.60. The molecule has 0 aromatic carbocycles. The fourth-order valence-corrected chi connectivity index (χ4v) is 3.26. The van der Waals surface area contributed by atoms with E-state index < -0.39 is 0 Å². The van der Waals surface area contributed by atoms with Crippen LogP contribution < -0.4 is 5.73 Å². The molecule has 0 amide bonds. The number of rotatable bonds is 8. The van der Waals surface area contributed by atoms with E-state index in [1.165, 1.54) is 51.7 Å². The molecule has 0 saturated carbocycles. The van der Waals surface area contributed by atoms with Crippen LogP contribution >= 0.6 is 0 Å². The lowest BCUT2D eigenvalue weighted by Gasteiger charge is -2.35. The molecule has 1 rings (SSSR count). The molecule has 1 saturated heterocycles. The second-order valence-corrected chi connectivity index (χ2v) is 6.76. The van der Waals surface area contributed by atoms with E-state index in [2.05, 4.69) is 37.7 Å². The standard InChI is InChI=1S/C16H35N3/c1-14(2)15(7-10-17)6-5-11-19-12-8-16(9-13-19)18(3)4/h14-16H,5-13,17H2,1-4H3. The molecular formula is C16H35N3. The Morgan fingerprint density at radius 1 is 1.16 bits per heavy atom. The van der Waals surface area contributed by atoms with Crippen molar-refractivity contribution in [3.63, 3.8) is 0 Å². The topological polar surface area (TPSA) is 32.5 Å². The molecule has 0 aromatic rings. The van der Waals surface area contributed by atoms with Gasteiger partial charge in [0.25, 0.3) is 0 Å². The fraction of sp³-hybridized carbons (Fsp3) is 1.00. The van der Waals surface area contributed by atoms with Crippen LogP contribution in [0.5, 0.6) is 0 Å². The Labute approximate surface area is 120 Å². The zero-order valence-electron chi connectivity index (χ0n) is 13.6. The summed E-state index contributed by atoms with van der Waals surface area (Å²) in [6.45, 7) is 9.37. The number of piperidine rings is 1. The largest absolute Gasteiger partial charge is 0.330 e. The monoisotopic (exact) mass is 269 g/mol. The molecule has 114 valence electrons. The Hall–Kier alpha value is -0.120. The fourth-order valence-electron chi connectivity index (χ4n) is 3.26. The second-order valence-electron chi connectivity index (χ2n) is 6.76. The smallest absolute Gasteiger partial charge is 0.0113 e. The molecule has 3 heteroatoms. The van der Waals surface area contributed by atoms with Gasteiger partial charge in [-0.1, -0.05) is 13.8 Å². The summed E-state index contributed by atoms with van der Waals surface area (Å²) in [4.78, 5) is 5.03. The molecule has 1 aliphatic heterocycles. The lowest BCUT2D eigenvalue weighted by molar-refractivity contribution is 0.140. The van der Waals surface area contributed by atoms with Gasteiger partial charge in [-0.05, 0) is 84.2 Å².